The van der Waals surface area contributed by atoms with Crippen molar-refractivity contribution in [1.82, 2.24) is 4.98 Å². The molecule has 0 saturated heterocycles. The van der Waals surface area contributed by atoms with Crippen molar-refractivity contribution in [1.29, 1.82) is 0 Å². The van der Waals surface area contributed by atoms with Gasteiger partial charge in [-0.3, -0.25) is 0 Å². The zero-order chi connectivity index (χ0) is 14.3. The molecule has 0 atom stereocenters. The van der Waals surface area contributed by atoms with Gasteiger partial charge in [-0.2, -0.15) is 0 Å². The van der Waals surface area contributed by atoms with Gasteiger partial charge in [0, 0.05) is 19.8 Å². The molecule has 0 fully saturated rings. The molecule has 0 saturated carbocycles. The van der Waals surface area contributed by atoms with Crippen LogP contribution in [0.5, 0.6) is 0 Å². The van der Waals surface area contributed by atoms with Crippen molar-refractivity contribution in [3.63, 3.8) is 0 Å². The van der Waals surface area contributed by atoms with Crippen molar-refractivity contribution in [2.24, 2.45) is 5.92 Å². The minimum Gasteiger partial charge on any atom is -0.476 e. The maximum Gasteiger partial charge on any atom is 0.356 e. The predicted molar refractivity (Wildman–Crippen MR) is 75.0 cm³/mol. The second kappa shape index (κ2) is 7.96. The summed E-state index contributed by atoms with van der Waals surface area (Å²) < 4.78 is 5.44. The van der Waals surface area contributed by atoms with E-state index in [0.717, 1.165) is 13.0 Å². The summed E-state index contributed by atoms with van der Waals surface area (Å²) in [6.07, 6.45) is 0.833. The number of carboxylic acid groups (broad SMARTS) is 1. The number of aromatic carboxylic acids is 1. The molecular formula is C13H19ClN2O3. The molecule has 5 nitrogen and oxygen atoms in total. The van der Waals surface area contributed by atoms with Crippen LogP contribution in [0, 0.1) is 5.92 Å². The molecule has 106 valence electrons. The number of rotatable bonds is 8. The number of nitrogens with zero attached hydrogens (tertiary/aromatic N) is 1. The van der Waals surface area contributed by atoms with Gasteiger partial charge in [0.05, 0.1) is 5.02 Å². The summed E-state index contributed by atoms with van der Waals surface area (Å²) in [6.45, 7) is 6.30. The van der Waals surface area contributed by atoms with Crippen LogP contribution in [0.2, 0.25) is 5.02 Å². The normalized spacial score (nSPS) is 10.7. The van der Waals surface area contributed by atoms with Crippen molar-refractivity contribution >= 4 is 23.4 Å². The third-order valence-corrected chi connectivity index (χ3v) is 2.58. The van der Waals surface area contributed by atoms with Crippen molar-refractivity contribution in [2.45, 2.75) is 20.3 Å². The van der Waals surface area contributed by atoms with E-state index in [0.29, 0.717) is 24.9 Å². The lowest BCUT2D eigenvalue weighted by atomic mass is 10.2. The molecule has 0 radical (unpaired) electrons. The van der Waals surface area contributed by atoms with Gasteiger partial charge in [0.15, 0.2) is 5.69 Å². The van der Waals surface area contributed by atoms with Gasteiger partial charge in [-0.15, -0.1) is 0 Å². The number of carbonyl (C=O) groups is 1. The Morgan fingerprint density at radius 1 is 1.53 bits per heavy atom. The molecule has 0 aliphatic rings. The molecule has 0 bridgehead atoms. The number of ether oxygens (including phenoxy) is 1. The van der Waals surface area contributed by atoms with Crippen LogP contribution in [0.4, 0.5) is 5.82 Å². The Hall–Kier alpha value is -1.33. The lowest BCUT2D eigenvalue weighted by molar-refractivity contribution is 0.0691. The van der Waals surface area contributed by atoms with Gasteiger partial charge in [0.25, 0.3) is 0 Å². The average molecular weight is 287 g/mol. The highest BCUT2D eigenvalue weighted by Gasteiger charge is 2.10. The first-order valence-electron chi connectivity index (χ1n) is 6.22. The molecule has 1 heterocycles. The van der Waals surface area contributed by atoms with Crippen LogP contribution in [0.1, 0.15) is 30.8 Å². The Morgan fingerprint density at radius 2 is 2.26 bits per heavy atom. The third kappa shape index (κ3) is 5.89. The fraction of sp³-hybridized carbons (Fsp3) is 0.538. The molecule has 0 spiro atoms. The van der Waals surface area contributed by atoms with Gasteiger partial charge in [-0.1, -0.05) is 25.4 Å². The molecule has 0 amide bonds. The molecule has 0 aromatic carbocycles. The summed E-state index contributed by atoms with van der Waals surface area (Å²) in [4.78, 5) is 14.8. The van der Waals surface area contributed by atoms with Gasteiger partial charge >= 0.3 is 5.97 Å². The van der Waals surface area contributed by atoms with E-state index in [1.807, 2.05) is 0 Å². The summed E-state index contributed by atoms with van der Waals surface area (Å²) in [5, 5.41) is 12.1. The van der Waals surface area contributed by atoms with Gasteiger partial charge in [0.1, 0.15) is 5.82 Å². The third-order valence-electron chi connectivity index (χ3n) is 2.27. The van der Waals surface area contributed by atoms with Crippen molar-refractivity contribution < 1.29 is 14.6 Å². The SMILES string of the molecule is CC(C)COCCCNc1ccc(Cl)c(C(=O)O)n1. The molecule has 1 aromatic rings. The number of hydrogen-bond donors (Lipinski definition) is 2. The Morgan fingerprint density at radius 3 is 2.89 bits per heavy atom. The minimum atomic E-state index is -1.13. The number of pyridine rings is 1. The molecule has 0 unspecified atom stereocenters. The zero-order valence-corrected chi connectivity index (χ0v) is 11.9. The Bertz CT molecular complexity index is 424. The number of halogens is 1. The summed E-state index contributed by atoms with van der Waals surface area (Å²) in [5.74, 6) is -0.0939. The molecule has 19 heavy (non-hydrogen) atoms. The molecular weight excluding hydrogens is 268 g/mol. The smallest absolute Gasteiger partial charge is 0.356 e. The fourth-order valence-corrected chi connectivity index (χ4v) is 1.59. The largest absolute Gasteiger partial charge is 0.476 e. The van der Waals surface area contributed by atoms with Gasteiger partial charge < -0.3 is 15.2 Å². The Labute approximate surface area is 117 Å². The summed E-state index contributed by atoms with van der Waals surface area (Å²) in [6, 6.07) is 3.18. The molecule has 1 rings (SSSR count). The quantitative estimate of drug-likeness (QED) is 0.719. The first-order chi connectivity index (χ1) is 9.00. The van der Waals surface area contributed by atoms with Crippen molar-refractivity contribution in [3.05, 3.63) is 22.8 Å². The molecule has 0 aliphatic carbocycles. The zero-order valence-electron chi connectivity index (χ0n) is 11.1. The number of hydrogen-bond acceptors (Lipinski definition) is 4. The maximum absolute atomic E-state index is 10.9. The van der Waals surface area contributed by atoms with Crippen LogP contribution in [0.25, 0.3) is 0 Å². The number of aromatic nitrogens is 1. The first-order valence-corrected chi connectivity index (χ1v) is 6.60. The maximum atomic E-state index is 10.9. The average Bonchev–Trinajstić information content (AvgIpc) is 2.34. The van der Waals surface area contributed by atoms with Crippen LogP contribution >= 0.6 is 11.6 Å². The van der Waals surface area contributed by atoms with E-state index in [1.54, 1.807) is 6.07 Å². The lowest BCUT2D eigenvalue weighted by Crippen LogP contribution is -2.10. The van der Waals surface area contributed by atoms with Gasteiger partial charge in [-0.25, -0.2) is 9.78 Å². The predicted octanol–water partition coefficient (Wildman–Crippen LogP) is 2.91. The second-order valence-electron chi connectivity index (χ2n) is 4.58. The summed E-state index contributed by atoms with van der Waals surface area (Å²) in [7, 11) is 0. The monoisotopic (exact) mass is 286 g/mol. The summed E-state index contributed by atoms with van der Waals surface area (Å²) in [5.41, 5.74) is -0.136. The van der Waals surface area contributed by atoms with Crippen molar-refractivity contribution in [2.75, 3.05) is 25.1 Å². The van der Waals surface area contributed by atoms with E-state index in [9.17, 15) is 4.79 Å². The Kier molecular flexibility index (Phi) is 6.59. The molecule has 1 aromatic heterocycles. The highest BCUT2D eigenvalue weighted by atomic mass is 35.5. The summed E-state index contributed by atoms with van der Waals surface area (Å²) >= 11 is 5.73. The van der Waals surface area contributed by atoms with E-state index in [1.165, 1.54) is 6.07 Å². The highest BCUT2D eigenvalue weighted by molar-refractivity contribution is 6.33. The minimum absolute atomic E-state index is 0.136. The van der Waals surface area contributed by atoms with E-state index in [-0.39, 0.29) is 10.7 Å². The molecule has 0 aliphatic heterocycles. The van der Waals surface area contributed by atoms with E-state index in [2.05, 4.69) is 24.1 Å². The van der Waals surface area contributed by atoms with Gasteiger partial charge in [0.2, 0.25) is 0 Å². The second-order valence-corrected chi connectivity index (χ2v) is 4.99. The topological polar surface area (TPSA) is 71.5 Å². The van der Waals surface area contributed by atoms with Crippen molar-refractivity contribution in [3.8, 4) is 0 Å². The number of carboxylic acids is 1. The number of nitrogens with one attached hydrogen (secondary N) is 1. The van der Waals surface area contributed by atoms with E-state index >= 15 is 0 Å². The molecule has 6 heteroatoms. The lowest BCUT2D eigenvalue weighted by Gasteiger charge is -2.08. The van der Waals surface area contributed by atoms with Crippen LogP contribution in [0.3, 0.4) is 0 Å². The highest BCUT2D eigenvalue weighted by Crippen LogP contribution is 2.16. The fourth-order valence-electron chi connectivity index (χ4n) is 1.40. The number of anilines is 1. The standard InChI is InChI=1S/C13H19ClN2O3/c1-9(2)8-19-7-3-6-15-11-5-4-10(14)12(16-11)13(17)18/h4-5,9H,3,6-8H2,1-2H3,(H,15,16)(H,17,18). The van der Waals surface area contributed by atoms with Crippen LogP contribution in [0.15, 0.2) is 12.1 Å². The van der Waals surface area contributed by atoms with Crippen LogP contribution in [-0.2, 0) is 4.74 Å². The van der Waals surface area contributed by atoms with E-state index in [4.69, 9.17) is 21.4 Å². The van der Waals surface area contributed by atoms with E-state index < -0.39 is 5.97 Å². The van der Waals surface area contributed by atoms with Gasteiger partial charge in [-0.05, 0) is 24.5 Å². The van der Waals surface area contributed by atoms with Crippen LogP contribution < -0.4 is 5.32 Å². The molecule has 2 N–H and O–H groups in total. The first kappa shape index (κ1) is 15.7. The van der Waals surface area contributed by atoms with Crippen LogP contribution in [-0.4, -0.2) is 35.8 Å². The Balaban J connectivity index is 2.34.